The lowest BCUT2D eigenvalue weighted by atomic mass is 10.1. The third-order valence-electron chi connectivity index (χ3n) is 4.92. The molecule has 1 saturated heterocycles. The van der Waals surface area contributed by atoms with Crippen molar-refractivity contribution >= 4 is 17.8 Å². The first-order chi connectivity index (χ1) is 13.5. The van der Waals surface area contributed by atoms with E-state index in [4.69, 9.17) is 5.11 Å². The Hall–Kier alpha value is -3.23. The standard InChI is InChI=1S/C19H23N5O4/c1-14(25)23(13-18(26)27)16-6-3-9-22(10-7-16)19(28)15-4-2-5-17(12-15)24-11-8-20-21-24/h2,4-5,8,11-12,16H,3,6-7,9-10,13H2,1H3,(H,26,27). The summed E-state index contributed by atoms with van der Waals surface area (Å²) < 4.78 is 1.59. The minimum Gasteiger partial charge on any atom is -0.480 e. The van der Waals surface area contributed by atoms with Crippen molar-refractivity contribution in [1.82, 2.24) is 24.8 Å². The van der Waals surface area contributed by atoms with Crippen LogP contribution in [0, 0.1) is 0 Å². The SMILES string of the molecule is CC(=O)N(CC(=O)O)C1CCCN(C(=O)c2cccc(-n3ccnn3)c2)CC1. The molecule has 28 heavy (non-hydrogen) atoms. The molecule has 0 aliphatic carbocycles. The second kappa shape index (κ2) is 8.64. The van der Waals surface area contributed by atoms with E-state index >= 15 is 0 Å². The average molecular weight is 385 g/mol. The molecule has 0 bridgehead atoms. The first-order valence-electron chi connectivity index (χ1n) is 9.20. The maximum atomic E-state index is 13.0. The highest BCUT2D eigenvalue weighted by molar-refractivity contribution is 5.94. The number of benzene rings is 1. The molecule has 2 heterocycles. The third-order valence-corrected chi connectivity index (χ3v) is 4.92. The van der Waals surface area contributed by atoms with Crippen LogP contribution in [-0.2, 0) is 9.59 Å². The maximum absolute atomic E-state index is 13.0. The molecule has 148 valence electrons. The van der Waals surface area contributed by atoms with Crippen molar-refractivity contribution in [3.63, 3.8) is 0 Å². The van der Waals surface area contributed by atoms with Crippen LogP contribution in [0.4, 0.5) is 0 Å². The molecule has 1 unspecified atom stereocenters. The lowest BCUT2D eigenvalue weighted by Gasteiger charge is -2.28. The fourth-order valence-electron chi connectivity index (χ4n) is 3.55. The molecule has 1 aromatic heterocycles. The molecule has 1 atom stereocenters. The number of carbonyl (C=O) groups excluding carboxylic acids is 2. The molecular formula is C19H23N5O4. The summed E-state index contributed by atoms with van der Waals surface area (Å²) in [6, 6.07) is 7.01. The molecule has 1 aliphatic rings. The highest BCUT2D eigenvalue weighted by Gasteiger charge is 2.28. The zero-order chi connectivity index (χ0) is 20.1. The number of hydrogen-bond acceptors (Lipinski definition) is 5. The number of hydrogen-bond donors (Lipinski definition) is 1. The summed E-state index contributed by atoms with van der Waals surface area (Å²) in [4.78, 5) is 39.0. The zero-order valence-electron chi connectivity index (χ0n) is 15.7. The highest BCUT2D eigenvalue weighted by atomic mass is 16.4. The van der Waals surface area contributed by atoms with Crippen molar-refractivity contribution in [3.8, 4) is 5.69 Å². The van der Waals surface area contributed by atoms with E-state index in [0.717, 1.165) is 5.69 Å². The van der Waals surface area contributed by atoms with Gasteiger partial charge in [0.1, 0.15) is 6.54 Å². The normalized spacial score (nSPS) is 17.0. The molecule has 9 nitrogen and oxygen atoms in total. The molecular weight excluding hydrogens is 362 g/mol. The number of carboxylic acid groups (broad SMARTS) is 1. The number of aliphatic carboxylic acids is 1. The van der Waals surface area contributed by atoms with Gasteiger partial charge in [-0.1, -0.05) is 11.3 Å². The van der Waals surface area contributed by atoms with Crippen LogP contribution in [0.3, 0.4) is 0 Å². The predicted molar refractivity (Wildman–Crippen MR) is 99.9 cm³/mol. The van der Waals surface area contributed by atoms with Gasteiger partial charge in [-0.25, -0.2) is 4.68 Å². The van der Waals surface area contributed by atoms with E-state index in [2.05, 4.69) is 10.3 Å². The fraction of sp³-hybridized carbons (Fsp3) is 0.421. The van der Waals surface area contributed by atoms with Crippen LogP contribution < -0.4 is 0 Å². The predicted octanol–water partition coefficient (Wildman–Crippen LogP) is 1.20. The van der Waals surface area contributed by atoms with Crippen molar-refractivity contribution in [3.05, 3.63) is 42.2 Å². The Kier molecular flexibility index (Phi) is 6.03. The van der Waals surface area contributed by atoms with Crippen LogP contribution >= 0.6 is 0 Å². The Labute approximate surface area is 162 Å². The number of carboxylic acids is 1. The molecule has 2 aromatic rings. The van der Waals surface area contributed by atoms with Crippen LogP contribution in [0.2, 0.25) is 0 Å². The number of aromatic nitrogens is 3. The molecule has 1 N–H and O–H groups in total. The minimum absolute atomic E-state index is 0.0878. The van der Waals surface area contributed by atoms with E-state index in [-0.39, 0.29) is 24.4 Å². The van der Waals surface area contributed by atoms with Gasteiger partial charge in [-0.2, -0.15) is 0 Å². The lowest BCUT2D eigenvalue weighted by molar-refractivity contribution is -0.145. The quantitative estimate of drug-likeness (QED) is 0.828. The summed E-state index contributed by atoms with van der Waals surface area (Å²) in [5, 5.41) is 16.8. The van der Waals surface area contributed by atoms with Gasteiger partial charge in [0.25, 0.3) is 5.91 Å². The van der Waals surface area contributed by atoms with Gasteiger partial charge in [-0.05, 0) is 37.5 Å². The van der Waals surface area contributed by atoms with E-state index in [9.17, 15) is 14.4 Å². The van der Waals surface area contributed by atoms with Gasteiger partial charge in [0.2, 0.25) is 5.91 Å². The minimum atomic E-state index is -1.03. The molecule has 9 heteroatoms. The molecule has 0 spiro atoms. The zero-order valence-corrected chi connectivity index (χ0v) is 15.7. The summed E-state index contributed by atoms with van der Waals surface area (Å²) in [5.41, 5.74) is 1.31. The fourth-order valence-corrected chi connectivity index (χ4v) is 3.55. The van der Waals surface area contributed by atoms with Crippen LogP contribution in [0.5, 0.6) is 0 Å². The van der Waals surface area contributed by atoms with Crippen molar-refractivity contribution in [2.24, 2.45) is 0 Å². The first kappa shape index (κ1) is 19.5. The Morgan fingerprint density at radius 1 is 1.25 bits per heavy atom. The number of rotatable bonds is 5. The number of amides is 2. The largest absolute Gasteiger partial charge is 0.480 e. The van der Waals surface area contributed by atoms with Crippen molar-refractivity contribution in [2.75, 3.05) is 19.6 Å². The Morgan fingerprint density at radius 2 is 2.07 bits per heavy atom. The number of carbonyl (C=O) groups is 3. The Bertz CT molecular complexity index is 852. The van der Waals surface area contributed by atoms with Gasteiger partial charge >= 0.3 is 5.97 Å². The highest BCUT2D eigenvalue weighted by Crippen LogP contribution is 2.20. The summed E-state index contributed by atoms with van der Waals surface area (Å²) in [6.45, 7) is 2.11. The lowest BCUT2D eigenvalue weighted by Crippen LogP contribution is -2.43. The number of nitrogens with zero attached hydrogens (tertiary/aromatic N) is 5. The molecule has 1 fully saturated rings. The van der Waals surface area contributed by atoms with E-state index in [0.29, 0.717) is 37.9 Å². The average Bonchev–Trinajstić information content (AvgIpc) is 3.11. The van der Waals surface area contributed by atoms with E-state index in [1.807, 2.05) is 6.07 Å². The second-order valence-corrected chi connectivity index (χ2v) is 6.82. The Balaban J connectivity index is 1.70. The van der Waals surface area contributed by atoms with Crippen molar-refractivity contribution in [2.45, 2.75) is 32.2 Å². The molecule has 1 aromatic carbocycles. The molecule has 0 saturated carbocycles. The molecule has 3 rings (SSSR count). The van der Waals surface area contributed by atoms with E-state index in [1.165, 1.54) is 11.8 Å². The van der Waals surface area contributed by atoms with Gasteiger partial charge in [0.05, 0.1) is 18.1 Å². The van der Waals surface area contributed by atoms with E-state index in [1.54, 1.807) is 40.2 Å². The van der Waals surface area contributed by atoms with Gasteiger partial charge in [-0.3, -0.25) is 14.4 Å². The van der Waals surface area contributed by atoms with Crippen LogP contribution in [-0.4, -0.2) is 73.4 Å². The van der Waals surface area contributed by atoms with Gasteiger partial charge in [0, 0.05) is 31.6 Å². The number of likely N-dealkylation sites (tertiary alicyclic amines) is 1. The Morgan fingerprint density at radius 3 is 2.75 bits per heavy atom. The summed E-state index contributed by atoms with van der Waals surface area (Å²) in [6.07, 6.45) is 5.22. The maximum Gasteiger partial charge on any atom is 0.323 e. The van der Waals surface area contributed by atoms with Crippen LogP contribution in [0.15, 0.2) is 36.7 Å². The third kappa shape index (κ3) is 4.54. The first-order valence-corrected chi connectivity index (χ1v) is 9.20. The topological polar surface area (TPSA) is 109 Å². The summed E-state index contributed by atoms with van der Waals surface area (Å²) in [7, 11) is 0. The van der Waals surface area contributed by atoms with Crippen LogP contribution in [0.1, 0.15) is 36.5 Å². The van der Waals surface area contributed by atoms with Crippen molar-refractivity contribution in [1.29, 1.82) is 0 Å². The van der Waals surface area contributed by atoms with Crippen molar-refractivity contribution < 1.29 is 19.5 Å². The monoisotopic (exact) mass is 385 g/mol. The van der Waals surface area contributed by atoms with Gasteiger partial charge in [-0.15, -0.1) is 5.10 Å². The second-order valence-electron chi connectivity index (χ2n) is 6.82. The van der Waals surface area contributed by atoms with Crippen LogP contribution in [0.25, 0.3) is 5.69 Å². The smallest absolute Gasteiger partial charge is 0.323 e. The molecule has 0 radical (unpaired) electrons. The van der Waals surface area contributed by atoms with Gasteiger partial charge in [0.15, 0.2) is 0 Å². The summed E-state index contributed by atoms with van der Waals surface area (Å²) in [5.74, 6) is -1.37. The van der Waals surface area contributed by atoms with E-state index < -0.39 is 5.97 Å². The summed E-state index contributed by atoms with van der Waals surface area (Å²) >= 11 is 0. The molecule has 2 amide bonds. The molecule has 1 aliphatic heterocycles. The van der Waals surface area contributed by atoms with Gasteiger partial charge < -0.3 is 14.9 Å².